The summed E-state index contributed by atoms with van der Waals surface area (Å²) in [6.07, 6.45) is 5.10. The molecule has 3 aromatic rings. The first kappa shape index (κ1) is 18.3. The fraction of sp³-hybridized carbons (Fsp3) is 0.190. The van der Waals surface area contributed by atoms with Gasteiger partial charge in [0.2, 0.25) is 0 Å². The molecule has 0 saturated heterocycles. The molecule has 4 rings (SSSR count). The number of aromatic nitrogens is 2. The number of carbonyl (C=O) groups is 1. The smallest absolute Gasteiger partial charge is 0.271 e. The predicted molar refractivity (Wildman–Crippen MR) is 108 cm³/mol. The standard InChI is InChI=1S/C21H19ClN4O2/c22-15-3-1-14(2-4-15)13-28-18-9-7-16(8-10-18)25-20-12-23-19(11-24-20)21(27)26-17-5-6-17/h1-4,7-12,17H,5-6,13H2,(H,24,25)(H,26,27). The van der Waals surface area contributed by atoms with Crippen LogP contribution < -0.4 is 15.4 Å². The fourth-order valence-electron chi connectivity index (χ4n) is 2.53. The highest BCUT2D eigenvalue weighted by atomic mass is 35.5. The zero-order valence-corrected chi connectivity index (χ0v) is 15.8. The molecule has 0 atom stereocenters. The molecule has 2 N–H and O–H groups in total. The number of nitrogens with zero attached hydrogens (tertiary/aromatic N) is 2. The third-order valence-electron chi connectivity index (χ3n) is 4.24. The highest BCUT2D eigenvalue weighted by Gasteiger charge is 2.24. The summed E-state index contributed by atoms with van der Waals surface area (Å²) in [7, 11) is 0. The fourth-order valence-corrected chi connectivity index (χ4v) is 2.65. The Bertz CT molecular complexity index is 940. The summed E-state index contributed by atoms with van der Waals surface area (Å²) in [6.45, 7) is 0.472. The number of halogens is 1. The third kappa shape index (κ3) is 4.98. The first-order chi connectivity index (χ1) is 13.7. The quantitative estimate of drug-likeness (QED) is 0.623. The van der Waals surface area contributed by atoms with E-state index in [1.165, 1.54) is 6.20 Å². The van der Waals surface area contributed by atoms with Crippen LogP contribution in [0.1, 0.15) is 28.9 Å². The molecule has 7 heteroatoms. The summed E-state index contributed by atoms with van der Waals surface area (Å²) in [6, 6.07) is 15.4. The minimum atomic E-state index is -0.177. The second-order valence-corrected chi connectivity index (χ2v) is 7.04. The largest absolute Gasteiger partial charge is 0.489 e. The molecule has 0 radical (unpaired) electrons. The van der Waals surface area contributed by atoms with Crippen LogP contribution in [0.15, 0.2) is 60.9 Å². The van der Waals surface area contributed by atoms with E-state index in [-0.39, 0.29) is 5.91 Å². The Labute approximate surface area is 167 Å². The van der Waals surface area contributed by atoms with Gasteiger partial charge in [0.25, 0.3) is 5.91 Å². The second-order valence-electron chi connectivity index (χ2n) is 6.60. The van der Waals surface area contributed by atoms with Gasteiger partial charge in [0.05, 0.1) is 12.4 Å². The maximum Gasteiger partial charge on any atom is 0.271 e. The van der Waals surface area contributed by atoms with Gasteiger partial charge in [-0.1, -0.05) is 23.7 Å². The van der Waals surface area contributed by atoms with Crippen molar-refractivity contribution in [3.8, 4) is 5.75 Å². The van der Waals surface area contributed by atoms with Gasteiger partial charge in [-0.05, 0) is 54.8 Å². The molecule has 1 fully saturated rings. The van der Waals surface area contributed by atoms with Crippen LogP contribution in [0.2, 0.25) is 5.02 Å². The molecule has 2 aromatic carbocycles. The van der Waals surface area contributed by atoms with E-state index in [4.69, 9.17) is 16.3 Å². The number of amides is 1. The van der Waals surface area contributed by atoms with Gasteiger partial charge < -0.3 is 15.4 Å². The molecule has 1 aromatic heterocycles. The zero-order chi connectivity index (χ0) is 19.3. The molecule has 0 unspecified atom stereocenters. The molecule has 1 aliphatic rings. The lowest BCUT2D eigenvalue weighted by atomic mass is 10.2. The van der Waals surface area contributed by atoms with Gasteiger partial charge in [-0.3, -0.25) is 4.79 Å². The molecular weight excluding hydrogens is 376 g/mol. The van der Waals surface area contributed by atoms with Gasteiger partial charge in [-0.15, -0.1) is 0 Å². The molecule has 6 nitrogen and oxygen atoms in total. The van der Waals surface area contributed by atoms with E-state index in [2.05, 4.69) is 20.6 Å². The minimum Gasteiger partial charge on any atom is -0.489 e. The van der Waals surface area contributed by atoms with Crippen molar-refractivity contribution in [1.29, 1.82) is 0 Å². The van der Waals surface area contributed by atoms with Crippen LogP contribution in [0.3, 0.4) is 0 Å². The van der Waals surface area contributed by atoms with Gasteiger partial charge in [0.1, 0.15) is 23.9 Å². The normalized spacial score (nSPS) is 13.0. The van der Waals surface area contributed by atoms with Crippen molar-refractivity contribution in [3.63, 3.8) is 0 Å². The first-order valence-corrected chi connectivity index (χ1v) is 9.41. The Kier molecular flexibility index (Phi) is 5.39. The van der Waals surface area contributed by atoms with Crippen molar-refractivity contribution >= 4 is 29.0 Å². The maximum atomic E-state index is 11.9. The van der Waals surface area contributed by atoms with Gasteiger partial charge in [-0.2, -0.15) is 0 Å². The van der Waals surface area contributed by atoms with Crippen molar-refractivity contribution in [2.75, 3.05) is 5.32 Å². The van der Waals surface area contributed by atoms with E-state index < -0.39 is 0 Å². The molecule has 142 valence electrons. The Morgan fingerprint density at radius 2 is 1.79 bits per heavy atom. The Morgan fingerprint density at radius 3 is 2.43 bits per heavy atom. The summed E-state index contributed by atoms with van der Waals surface area (Å²) in [5.74, 6) is 1.15. The van der Waals surface area contributed by atoms with Crippen molar-refractivity contribution in [1.82, 2.24) is 15.3 Å². The summed E-state index contributed by atoms with van der Waals surface area (Å²) < 4.78 is 5.77. The summed E-state index contributed by atoms with van der Waals surface area (Å²) in [5, 5.41) is 6.75. The average Bonchev–Trinajstić information content (AvgIpc) is 3.53. The lowest BCUT2D eigenvalue weighted by Gasteiger charge is -2.09. The lowest BCUT2D eigenvalue weighted by Crippen LogP contribution is -2.26. The monoisotopic (exact) mass is 394 g/mol. The molecule has 1 aliphatic carbocycles. The van der Waals surface area contributed by atoms with E-state index in [0.717, 1.165) is 29.8 Å². The van der Waals surface area contributed by atoms with Gasteiger partial charge in [-0.25, -0.2) is 9.97 Å². The van der Waals surface area contributed by atoms with Gasteiger partial charge >= 0.3 is 0 Å². The van der Waals surface area contributed by atoms with E-state index in [9.17, 15) is 4.79 Å². The van der Waals surface area contributed by atoms with E-state index in [1.807, 2.05) is 48.5 Å². The average molecular weight is 395 g/mol. The van der Waals surface area contributed by atoms with Gasteiger partial charge in [0, 0.05) is 16.8 Å². The maximum absolute atomic E-state index is 11.9. The Morgan fingerprint density at radius 1 is 1.04 bits per heavy atom. The Hall–Kier alpha value is -3.12. The number of rotatable bonds is 7. The van der Waals surface area contributed by atoms with Crippen molar-refractivity contribution in [3.05, 3.63) is 77.2 Å². The predicted octanol–water partition coefficient (Wildman–Crippen LogP) is 4.34. The number of nitrogens with one attached hydrogen (secondary N) is 2. The Balaban J connectivity index is 1.31. The van der Waals surface area contributed by atoms with Crippen LogP contribution in [0.4, 0.5) is 11.5 Å². The van der Waals surface area contributed by atoms with Crippen molar-refractivity contribution in [2.45, 2.75) is 25.5 Å². The molecule has 1 amide bonds. The molecule has 1 saturated carbocycles. The zero-order valence-electron chi connectivity index (χ0n) is 15.1. The van der Waals surface area contributed by atoms with E-state index in [0.29, 0.717) is 29.2 Å². The molecular formula is C21H19ClN4O2. The minimum absolute atomic E-state index is 0.177. The van der Waals surface area contributed by atoms with Crippen molar-refractivity contribution < 1.29 is 9.53 Å². The lowest BCUT2D eigenvalue weighted by molar-refractivity contribution is 0.0945. The molecule has 0 bridgehead atoms. The number of carbonyl (C=O) groups excluding carboxylic acids is 1. The van der Waals surface area contributed by atoms with Crippen molar-refractivity contribution in [2.24, 2.45) is 0 Å². The van der Waals surface area contributed by atoms with E-state index in [1.54, 1.807) is 6.20 Å². The van der Waals surface area contributed by atoms with Gasteiger partial charge in [0.15, 0.2) is 0 Å². The molecule has 0 aliphatic heterocycles. The van der Waals surface area contributed by atoms with Crippen LogP contribution in [-0.2, 0) is 6.61 Å². The number of anilines is 2. The van der Waals surface area contributed by atoms with Crippen LogP contribution in [-0.4, -0.2) is 21.9 Å². The van der Waals surface area contributed by atoms with Crippen LogP contribution >= 0.6 is 11.6 Å². The van der Waals surface area contributed by atoms with Crippen LogP contribution in [0.5, 0.6) is 5.75 Å². The molecule has 28 heavy (non-hydrogen) atoms. The summed E-state index contributed by atoms with van der Waals surface area (Å²) in [4.78, 5) is 20.4. The second kappa shape index (κ2) is 8.27. The topological polar surface area (TPSA) is 76.1 Å². The summed E-state index contributed by atoms with van der Waals surface area (Å²) in [5.41, 5.74) is 2.22. The number of hydrogen-bond donors (Lipinski definition) is 2. The molecule has 0 spiro atoms. The summed E-state index contributed by atoms with van der Waals surface area (Å²) >= 11 is 5.88. The molecule has 1 heterocycles. The first-order valence-electron chi connectivity index (χ1n) is 9.03. The highest BCUT2D eigenvalue weighted by Crippen LogP contribution is 2.21. The van der Waals surface area contributed by atoms with E-state index >= 15 is 0 Å². The number of benzene rings is 2. The van der Waals surface area contributed by atoms with Crippen LogP contribution in [0, 0.1) is 0 Å². The number of ether oxygens (including phenoxy) is 1. The SMILES string of the molecule is O=C(NC1CC1)c1cnc(Nc2ccc(OCc3ccc(Cl)cc3)cc2)cn1. The third-order valence-corrected chi connectivity index (χ3v) is 4.49. The van der Waals surface area contributed by atoms with Crippen LogP contribution in [0.25, 0.3) is 0 Å². The number of hydrogen-bond acceptors (Lipinski definition) is 5. The highest BCUT2D eigenvalue weighted by molar-refractivity contribution is 6.30.